The highest BCUT2D eigenvalue weighted by Crippen LogP contribution is 2.39. The summed E-state index contributed by atoms with van der Waals surface area (Å²) in [5.74, 6) is 0.0392. The molecule has 2 amide bonds. The Hall–Kier alpha value is -2.98. The van der Waals surface area contributed by atoms with Gasteiger partial charge in [0.2, 0.25) is 5.91 Å². The summed E-state index contributed by atoms with van der Waals surface area (Å²) in [7, 11) is -4.00. The van der Waals surface area contributed by atoms with E-state index in [1.54, 1.807) is 32.9 Å². The molecule has 0 saturated heterocycles. The first-order valence-corrected chi connectivity index (χ1v) is 12.0. The first-order valence-electron chi connectivity index (χ1n) is 10.2. The van der Waals surface area contributed by atoms with Gasteiger partial charge in [0.1, 0.15) is 17.5 Å². The molecule has 0 aromatic heterocycles. The fourth-order valence-electron chi connectivity index (χ4n) is 3.14. The maximum absolute atomic E-state index is 13.5. The number of ether oxygens (including phenoxy) is 2. The highest BCUT2D eigenvalue weighted by molar-refractivity contribution is 7.92. The minimum absolute atomic E-state index is 0.0449. The van der Waals surface area contributed by atoms with E-state index in [1.807, 2.05) is 0 Å². The second kappa shape index (κ2) is 9.48. The number of nitrogens with zero attached hydrogens (tertiary/aromatic N) is 1. The molecular weight excluding hydrogens is 470 g/mol. The Morgan fingerprint density at radius 2 is 1.85 bits per heavy atom. The van der Waals surface area contributed by atoms with E-state index in [-0.39, 0.29) is 29.6 Å². The lowest BCUT2D eigenvalue weighted by Gasteiger charge is -2.35. The fraction of sp³-hybridized carbons (Fsp3) is 0.364. The molecule has 0 radical (unpaired) electrons. The number of benzene rings is 2. The quantitative estimate of drug-likeness (QED) is 0.652. The zero-order valence-electron chi connectivity index (χ0n) is 18.7. The largest absolute Gasteiger partial charge is 0.484 e. The van der Waals surface area contributed by atoms with Crippen molar-refractivity contribution in [3.05, 3.63) is 47.5 Å². The minimum Gasteiger partial charge on any atom is -0.484 e. The van der Waals surface area contributed by atoms with Gasteiger partial charge in [-0.15, -0.1) is 0 Å². The van der Waals surface area contributed by atoms with Gasteiger partial charge in [0.05, 0.1) is 23.7 Å². The van der Waals surface area contributed by atoms with Crippen molar-refractivity contribution in [1.82, 2.24) is 5.32 Å². The highest BCUT2D eigenvalue weighted by atomic mass is 35.5. The third-order valence-electron chi connectivity index (χ3n) is 4.52. The molecule has 2 aromatic carbocycles. The molecule has 1 heterocycles. The lowest BCUT2D eigenvalue weighted by atomic mass is 10.2. The Kier molecular flexibility index (Phi) is 7.08. The first kappa shape index (κ1) is 24.7. The van der Waals surface area contributed by atoms with E-state index in [2.05, 4.69) is 10.6 Å². The molecule has 0 bridgehead atoms. The maximum Gasteiger partial charge on any atom is 0.412 e. The molecule has 1 aliphatic heterocycles. The van der Waals surface area contributed by atoms with Crippen LogP contribution in [0.3, 0.4) is 0 Å². The molecule has 2 N–H and O–H groups in total. The molecule has 3 rings (SSSR count). The van der Waals surface area contributed by atoms with Crippen LogP contribution < -0.4 is 19.7 Å². The summed E-state index contributed by atoms with van der Waals surface area (Å²) in [6.45, 7) is 6.66. The number of hydrogen-bond acceptors (Lipinski definition) is 6. The Morgan fingerprint density at radius 3 is 2.45 bits per heavy atom. The summed E-state index contributed by atoms with van der Waals surface area (Å²) < 4.78 is 39.4. The normalized spacial score (nSPS) is 15.8. The van der Waals surface area contributed by atoms with Gasteiger partial charge < -0.3 is 14.8 Å². The van der Waals surface area contributed by atoms with Crippen LogP contribution in [0.4, 0.5) is 16.2 Å². The van der Waals surface area contributed by atoms with E-state index in [4.69, 9.17) is 21.1 Å². The van der Waals surface area contributed by atoms with E-state index >= 15 is 0 Å². The SMILES string of the molecule is CC(=O)NC[C@H]1CN(S(=O)(=O)c2ccc(Cl)cc2)c2cc(NC(=O)OC(C)(C)C)ccc2O1. The lowest BCUT2D eigenvalue weighted by molar-refractivity contribution is -0.119. The van der Waals surface area contributed by atoms with E-state index in [0.717, 1.165) is 0 Å². The summed E-state index contributed by atoms with van der Waals surface area (Å²) in [6.07, 6.45) is -1.29. The number of nitrogens with one attached hydrogen (secondary N) is 2. The predicted molar refractivity (Wildman–Crippen MR) is 125 cm³/mol. The van der Waals surface area contributed by atoms with Gasteiger partial charge in [0.25, 0.3) is 10.0 Å². The molecule has 11 heteroatoms. The molecule has 9 nitrogen and oxygen atoms in total. The summed E-state index contributed by atoms with van der Waals surface area (Å²) >= 11 is 5.92. The molecule has 0 unspecified atom stereocenters. The van der Waals surface area contributed by atoms with Gasteiger partial charge in [-0.1, -0.05) is 11.6 Å². The third-order valence-corrected chi connectivity index (χ3v) is 6.56. The van der Waals surface area contributed by atoms with Gasteiger partial charge in [0, 0.05) is 17.6 Å². The van der Waals surface area contributed by atoms with E-state index in [1.165, 1.54) is 41.6 Å². The standard InChI is InChI=1S/C22H26ClN3O6S/c1-14(27)24-12-17-13-26(33(29,30)18-8-5-15(23)6-9-18)19-11-16(7-10-20(19)31-17)25-21(28)32-22(2,3)4/h5-11,17H,12-13H2,1-4H3,(H,24,27)(H,25,28)/t17-/m0/s1. The number of hydrogen-bond donors (Lipinski definition) is 2. The molecule has 2 aromatic rings. The zero-order valence-corrected chi connectivity index (χ0v) is 20.3. The van der Waals surface area contributed by atoms with Crippen LogP contribution >= 0.6 is 11.6 Å². The second-order valence-corrected chi connectivity index (χ2v) is 10.8. The molecule has 0 saturated carbocycles. The highest BCUT2D eigenvalue weighted by Gasteiger charge is 2.35. The monoisotopic (exact) mass is 495 g/mol. The third kappa shape index (κ3) is 6.29. The van der Waals surface area contributed by atoms with Gasteiger partial charge in [-0.05, 0) is 63.2 Å². The minimum atomic E-state index is -4.00. The van der Waals surface area contributed by atoms with Crippen LogP contribution in [0.5, 0.6) is 5.75 Å². The molecule has 0 aliphatic carbocycles. The Balaban J connectivity index is 1.97. The van der Waals surface area contributed by atoms with Crippen LogP contribution in [0.25, 0.3) is 0 Å². The van der Waals surface area contributed by atoms with Crippen LogP contribution in [-0.2, 0) is 19.6 Å². The van der Waals surface area contributed by atoms with Crippen LogP contribution in [-0.4, -0.2) is 45.2 Å². The van der Waals surface area contributed by atoms with Gasteiger partial charge >= 0.3 is 6.09 Å². The van der Waals surface area contributed by atoms with Gasteiger partial charge in [0.15, 0.2) is 0 Å². The fourth-order valence-corrected chi connectivity index (χ4v) is 4.76. The summed E-state index contributed by atoms with van der Waals surface area (Å²) in [5.41, 5.74) is -0.108. The summed E-state index contributed by atoms with van der Waals surface area (Å²) in [4.78, 5) is 23.6. The smallest absolute Gasteiger partial charge is 0.412 e. The number of sulfonamides is 1. The van der Waals surface area contributed by atoms with E-state index in [9.17, 15) is 18.0 Å². The Bertz CT molecular complexity index is 1150. The summed E-state index contributed by atoms with van der Waals surface area (Å²) in [6, 6.07) is 10.5. The van der Waals surface area contributed by atoms with Crippen LogP contribution in [0.15, 0.2) is 47.4 Å². The number of halogens is 1. The van der Waals surface area contributed by atoms with Crippen molar-refractivity contribution in [3.63, 3.8) is 0 Å². The lowest BCUT2D eigenvalue weighted by Crippen LogP contribution is -2.48. The maximum atomic E-state index is 13.5. The molecule has 178 valence electrons. The first-order chi connectivity index (χ1) is 15.3. The van der Waals surface area contributed by atoms with Crippen molar-refractivity contribution >= 4 is 45.0 Å². The summed E-state index contributed by atoms with van der Waals surface area (Å²) in [5, 5.41) is 5.66. The average Bonchev–Trinajstić information content (AvgIpc) is 2.70. The van der Waals surface area contributed by atoms with Crippen molar-refractivity contribution in [2.45, 2.75) is 44.3 Å². The molecule has 33 heavy (non-hydrogen) atoms. The van der Waals surface area contributed by atoms with Crippen LogP contribution in [0, 0.1) is 0 Å². The number of carbonyl (C=O) groups is 2. The average molecular weight is 496 g/mol. The van der Waals surface area contributed by atoms with Crippen molar-refractivity contribution in [2.75, 3.05) is 22.7 Å². The van der Waals surface area contributed by atoms with Crippen molar-refractivity contribution in [3.8, 4) is 5.75 Å². The van der Waals surface area contributed by atoms with Gasteiger partial charge in [-0.3, -0.25) is 14.4 Å². The van der Waals surface area contributed by atoms with Crippen molar-refractivity contribution < 1.29 is 27.5 Å². The molecule has 0 spiro atoms. The van der Waals surface area contributed by atoms with Crippen LogP contribution in [0.2, 0.25) is 5.02 Å². The van der Waals surface area contributed by atoms with E-state index < -0.39 is 27.8 Å². The van der Waals surface area contributed by atoms with Crippen molar-refractivity contribution in [2.24, 2.45) is 0 Å². The molecular formula is C22H26ClN3O6S. The second-order valence-electron chi connectivity index (χ2n) is 8.48. The number of fused-ring (bicyclic) bond motifs is 1. The molecule has 1 atom stereocenters. The van der Waals surface area contributed by atoms with Gasteiger partial charge in [-0.2, -0.15) is 0 Å². The Morgan fingerprint density at radius 1 is 1.18 bits per heavy atom. The number of amides is 2. The number of rotatable bonds is 5. The molecule has 1 aliphatic rings. The molecule has 0 fully saturated rings. The number of carbonyl (C=O) groups excluding carboxylic acids is 2. The van der Waals surface area contributed by atoms with Gasteiger partial charge in [-0.25, -0.2) is 13.2 Å². The number of anilines is 2. The predicted octanol–water partition coefficient (Wildman–Crippen LogP) is 3.78. The zero-order chi connectivity index (χ0) is 24.4. The van der Waals surface area contributed by atoms with Crippen LogP contribution in [0.1, 0.15) is 27.7 Å². The topological polar surface area (TPSA) is 114 Å². The Labute approximate surface area is 198 Å². The van der Waals surface area contributed by atoms with E-state index in [0.29, 0.717) is 16.5 Å². The van der Waals surface area contributed by atoms with Crippen molar-refractivity contribution in [1.29, 1.82) is 0 Å².